The minimum absolute atomic E-state index is 0.00940. The molecule has 27 heavy (non-hydrogen) atoms. The van der Waals surface area contributed by atoms with Gasteiger partial charge < -0.3 is 15.0 Å². The number of carbonyl (C=O) groups excluding carboxylic acids is 1. The van der Waals surface area contributed by atoms with Crippen molar-refractivity contribution in [2.75, 3.05) is 0 Å². The first-order valence-corrected chi connectivity index (χ1v) is 9.56. The summed E-state index contributed by atoms with van der Waals surface area (Å²) < 4.78 is 0. The maximum atomic E-state index is 11.1. The molecule has 9 nitrogen and oxygen atoms in total. The molecule has 0 rings (SSSR count). The van der Waals surface area contributed by atoms with Crippen LogP contribution in [0.15, 0.2) is 12.2 Å². The lowest BCUT2D eigenvalue weighted by Crippen LogP contribution is -2.34. The van der Waals surface area contributed by atoms with Crippen LogP contribution in [0.2, 0.25) is 0 Å². The van der Waals surface area contributed by atoms with Crippen molar-refractivity contribution in [3.8, 4) is 0 Å². The highest BCUT2D eigenvalue weighted by Crippen LogP contribution is 2.15. The van der Waals surface area contributed by atoms with Crippen molar-refractivity contribution >= 4 is 6.29 Å². The number of aldehydes is 1. The van der Waals surface area contributed by atoms with E-state index in [-0.39, 0.29) is 19.3 Å². The number of nitrogens with zero attached hydrogens (tertiary/aromatic N) is 2. The molecular weight excluding hydrogens is 356 g/mol. The highest BCUT2D eigenvalue weighted by molar-refractivity contribution is 5.48. The number of hydrogen-bond donors (Lipinski definition) is 2. The zero-order valence-electron chi connectivity index (χ0n) is 15.9. The van der Waals surface area contributed by atoms with Gasteiger partial charge in [0.25, 0.3) is 0 Å². The second kappa shape index (κ2) is 15.2. The van der Waals surface area contributed by atoms with Gasteiger partial charge in [0, 0.05) is 29.1 Å². The Morgan fingerprint density at radius 3 is 2.00 bits per heavy atom. The fraction of sp³-hybridized carbons (Fsp3) is 0.833. The van der Waals surface area contributed by atoms with Crippen LogP contribution in [-0.4, -0.2) is 50.6 Å². The largest absolute Gasteiger partial charge is 0.386 e. The number of rotatable bonds is 17. The summed E-state index contributed by atoms with van der Waals surface area (Å²) in [4.78, 5) is 31.4. The summed E-state index contributed by atoms with van der Waals surface area (Å²) in [5, 5.41) is 42.2. The van der Waals surface area contributed by atoms with E-state index in [0.717, 1.165) is 25.5 Å². The standard InChI is InChI=1S/C18H32N2O7/c1-2-3-5-12-17(22)16(20(26)27)11-7-8-13-18(23)15(19(24)25)10-6-4-9-14-21/h7-8,14-18,22-23H,2-6,9-13H2,1H3/b8-7-. The van der Waals surface area contributed by atoms with Crippen molar-refractivity contribution in [2.45, 2.75) is 95.4 Å². The molecule has 0 fully saturated rings. The molecule has 0 aliphatic carbocycles. The molecule has 0 amide bonds. The van der Waals surface area contributed by atoms with Gasteiger partial charge in [0.05, 0.1) is 0 Å². The van der Waals surface area contributed by atoms with Gasteiger partial charge in [-0.2, -0.15) is 0 Å². The summed E-state index contributed by atoms with van der Waals surface area (Å²) in [6.45, 7) is 2.01. The molecule has 2 N–H and O–H groups in total. The zero-order chi connectivity index (χ0) is 20.7. The normalized spacial score (nSPS) is 16.0. The number of hydrogen-bond acceptors (Lipinski definition) is 7. The first-order chi connectivity index (χ1) is 12.8. The molecule has 156 valence electrons. The Kier molecular flexibility index (Phi) is 14.2. The van der Waals surface area contributed by atoms with E-state index in [9.17, 15) is 35.2 Å². The Morgan fingerprint density at radius 1 is 0.852 bits per heavy atom. The van der Waals surface area contributed by atoms with Gasteiger partial charge >= 0.3 is 0 Å². The van der Waals surface area contributed by atoms with E-state index < -0.39 is 34.1 Å². The first kappa shape index (κ1) is 25.1. The monoisotopic (exact) mass is 388 g/mol. The third-order valence-corrected chi connectivity index (χ3v) is 4.53. The topological polar surface area (TPSA) is 144 Å². The summed E-state index contributed by atoms with van der Waals surface area (Å²) in [7, 11) is 0. The molecular formula is C18H32N2O7. The molecule has 0 spiro atoms. The Bertz CT molecular complexity index is 471. The van der Waals surface area contributed by atoms with E-state index >= 15 is 0 Å². The van der Waals surface area contributed by atoms with Gasteiger partial charge in [-0.05, 0) is 25.7 Å². The van der Waals surface area contributed by atoms with E-state index in [1.165, 1.54) is 12.2 Å². The highest BCUT2D eigenvalue weighted by atomic mass is 16.6. The number of nitro groups is 2. The van der Waals surface area contributed by atoms with Crippen molar-refractivity contribution in [2.24, 2.45) is 0 Å². The lowest BCUT2D eigenvalue weighted by molar-refractivity contribution is -0.535. The van der Waals surface area contributed by atoms with Crippen LogP contribution >= 0.6 is 0 Å². The van der Waals surface area contributed by atoms with Gasteiger partial charge in [0.1, 0.15) is 18.5 Å². The highest BCUT2D eigenvalue weighted by Gasteiger charge is 2.29. The van der Waals surface area contributed by atoms with E-state index in [1.807, 2.05) is 6.92 Å². The van der Waals surface area contributed by atoms with Gasteiger partial charge in [0.15, 0.2) is 0 Å². The first-order valence-electron chi connectivity index (χ1n) is 9.56. The molecule has 0 radical (unpaired) electrons. The molecule has 4 atom stereocenters. The minimum Gasteiger partial charge on any atom is -0.386 e. The Labute approximate surface area is 159 Å². The number of unbranched alkanes of at least 4 members (excludes halogenated alkanes) is 4. The van der Waals surface area contributed by atoms with Crippen LogP contribution in [0.5, 0.6) is 0 Å². The fourth-order valence-corrected chi connectivity index (χ4v) is 2.83. The van der Waals surface area contributed by atoms with Crippen LogP contribution in [0.3, 0.4) is 0 Å². The molecule has 9 heteroatoms. The average Bonchev–Trinajstić information content (AvgIpc) is 2.60. The van der Waals surface area contributed by atoms with E-state index in [2.05, 4.69) is 0 Å². The van der Waals surface area contributed by atoms with Crippen LogP contribution < -0.4 is 0 Å². The van der Waals surface area contributed by atoms with Crippen molar-refractivity contribution in [3.05, 3.63) is 32.4 Å². The summed E-state index contributed by atoms with van der Waals surface area (Å²) in [6.07, 6.45) is 5.97. The molecule has 0 aromatic carbocycles. The molecule has 0 heterocycles. The number of aliphatic hydroxyl groups is 2. The summed E-state index contributed by atoms with van der Waals surface area (Å²) in [5.41, 5.74) is 0. The maximum Gasteiger partial charge on any atom is 0.241 e. The van der Waals surface area contributed by atoms with Crippen LogP contribution in [0.4, 0.5) is 0 Å². The second-order valence-electron chi connectivity index (χ2n) is 6.73. The van der Waals surface area contributed by atoms with Crippen molar-refractivity contribution in [1.82, 2.24) is 0 Å². The molecule has 0 bridgehead atoms. The lowest BCUT2D eigenvalue weighted by atomic mass is 9.99. The van der Waals surface area contributed by atoms with Crippen LogP contribution in [0, 0.1) is 20.2 Å². The zero-order valence-corrected chi connectivity index (χ0v) is 15.9. The Balaban J connectivity index is 4.48. The summed E-state index contributed by atoms with van der Waals surface area (Å²) >= 11 is 0. The van der Waals surface area contributed by atoms with E-state index in [0.29, 0.717) is 25.7 Å². The molecule has 0 saturated carbocycles. The maximum absolute atomic E-state index is 11.1. The molecule has 0 saturated heterocycles. The number of carbonyl (C=O) groups is 1. The fourth-order valence-electron chi connectivity index (χ4n) is 2.83. The van der Waals surface area contributed by atoms with E-state index in [4.69, 9.17) is 0 Å². The quantitative estimate of drug-likeness (QED) is 0.128. The van der Waals surface area contributed by atoms with Crippen molar-refractivity contribution in [1.29, 1.82) is 0 Å². The van der Waals surface area contributed by atoms with Crippen molar-refractivity contribution in [3.63, 3.8) is 0 Å². The third kappa shape index (κ3) is 11.4. The van der Waals surface area contributed by atoms with Gasteiger partial charge in [0.2, 0.25) is 12.1 Å². The van der Waals surface area contributed by atoms with Gasteiger partial charge in [-0.25, -0.2) is 0 Å². The molecule has 4 unspecified atom stereocenters. The van der Waals surface area contributed by atoms with Gasteiger partial charge in [-0.3, -0.25) is 20.2 Å². The molecule has 0 aliphatic rings. The molecule has 0 aromatic heterocycles. The minimum atomic E-state index is -1.20. The summed E-state index contributed by atoms with van der Waals surface area (Å²) in [6, 6.07) is -2.25. The molecule has 0 aromatic rings. The second-order valence-corrected chi connectivity index (χ2v) is 6.73. The van der Waals surface area contributed by atoms with Gasteiger partial charge in [-0.1, -0.05) is 38.3 Å². The SMILES string of the molecule is CCCCCC(O)C(C/C=C\CC(O)C(CCCCC=O)[N+](=O)[O-])[N+](=O)[O-]. The smallest absolute Gasteiger partial charge is 0.241 e. The molecule has 0 aliphatic heterocycles. The lowest BCUT2D eigenvalue weighted by Gasteiger charge is -2.15. The number of aliphatic hydroxyl groups excluding tert-OH is 2. The van der Waals surface area contributed by atoms with Crippen LogP contribution in [-0.2, 0) is 4.79 Å². The average molecular weight is 388 g/mol. The third-order valence-electron chi connectivity index (χ3n) is 4.53. The predicted octanol–water partition coefficient (Wildman–Crippen LogP) is 2.67. The van der Waals surface area contributed by atoms with Crippen LogP contribution in [0.1, 0.15) is 71.1 Å². The van der Waals surface area contributed by atoms with Crippen LogP contribution in [0.25, 0.3) is 0 Å². The predicted molar refractivity (Wildman–Crippen MR) is 101 cm³/mol. The van der Waals surface area contributed by atoms with Gasteiger partial charge in [-0.15, -0.1) is 0 Å². The summed E-state index contributed by atoms with van der Waals surface area (Å²) in [5.74, 6) is 0. The van der Waals surface area contributed by atoms with E-state index in [1.54, 1.807) is 0 Å². The Morgan fingerprint density at radius 2 is 1.44 bits per heavy atom. The Hall–Kier alpha value is -1.87. The van der Waals surface area contributed by atoms with Crippen molar-refractivity contribution < 1.29 is 24.9 Å².